The minimum absolute atomic E-state index is 0.106. The van der Waals surface area contributed by atoms with E-state index in [2.05, 4.69) is 12.2 Å². The van der Waals surface area contributed by atoms with Gasteiger partial charge in [-0.15, -0.1) is 0 Å². The normalized spacial score (nSPS) is 12.1. The van der Waals surface area contributed by atoms with Crippen LogP contribution in [-0.2, 0) is 4.79 Å². The molecule has 0 aliphatic rings. The largest absolute Gasteiger partial charge is 0.399 e. The van der Waals surface area contributed by atoms with Crippen molar-refractivity contribution in [2.75, 3.05) is 11.1 Å². The zero-order chi connectivity index (χ0) is 12.0. The predicted molar refractivity (Wildman–Crippen MR) is 68.2 cm³/mol. The van der Waals surface area contributed by atoms with Crippen molar-refractivity contribution in [2.45, 2.75) is 33.1 Å². The molecule has 0 heterocycles. The van der Waals surface area contributed by atoms with E-state index in [9.17, 15) is 4.79 Å². The lowest BCUT2D eigenvalue weighted by Gasteiger charge is -2.13. The van der Waals surface area contributed by atoms with Gasteiger partial charge in [-0.2, -0.15) is 0 Å². The quantitative estimate of drug-likeness (QED) is 0.749. The number of rotatable bonds is 5. The van der Waals surface area contributed by atoms with E-state index in [0.29, 0.717) is 5.69 Å². The number of nitrogens with one attached hydrogen (secondary N) is 1. The third-order valence-corrected chi connectivity index (χ3v) is 2.68. The average Bonchev–Trinajstić information content (AvgIpc) is 2.29. The maximum Gasteiger partial charge on any atom is 0.227 e. The third-order valence-electron chi connectivity index (χ3n) is 2.68. The summed E-state index contributed by atoms with van der Waals surface area (Å²) in [5.74, 6) is 0.219. The molecule has 0 aliphatic heterocycles. The molecule has 1 aromatic rings. The summed E-state index contributed by atoms with van der Waals surface area (Å²) in [4.78, 5) is 11.9. The lowest BCUT2D eigenvalue weighted by atomic mass is 10.00. The van der Waals surface area contributed by atoms with E-state index < -0.39 is 0 Å². The molecule has 0 aliphatic carbocycles. The minimum Gasteiger partial charge on any atom is -0.399 e. The maximum absolute atomic E-state index is 11.9. The SMILES string of the molecule is CCCC(CC)C(=O)Nc1ccc(N)cc1. The number of anilines is 2. The van der Waals surface area contributed by atoms with Crippen molar-refractivity contribution < 1.29 is 4.79 Å². The summed E-state index contributed by atoms with van der Waals surface area (Å²) in [6.07, 6.45) is 2.86. The van der Waals surface area contributed by atoms with Gasteiger partial charge in [0.15, 0.2) is 0 Å². The van der Waals surface area contributed by atoms with E-state index in [0.717, 1.165) is 24.9 Å². The molecule has 3 N–H and O–H groups in total. The van der Waals surface area contributed by atoms with Crippen LogP contribution in [0.3, 0.4) is 0 Å². The number of nitrogen functional groups attached to an aromatic ring is 1. The van der Waals surface area contributed by atoms with Crippen LogP contribution in [0.1, 0.15) is 33.1 Å². The van der Waals surface area contributed by atoms with E-state index >= 15 is 0 Å². The van der Waals surface area contributed by atoms with Crippen LogP contribution in [0.15, 0.2) is 24.3 Å². The van der Waals surface area contributed by atoms with Crippen molar-refractivity contribution in [3.8, 4) is 0 Å². The molecule has 16 heavy (non-hydrogen) atoms. The second-order valence-corrected chi connectivity index (χ2v) is 4.01. The number of benzene rings is 1. The molecule has 0 aromatic heterocycles. The van der Waals surface area contributed by atoms with Crippen molar-refractivity contribution in [1.29, 1.82) is 0 Å². The van der Waals surface area contributed by atoms with Crippen LogP contribution in [0.4, 0.5) is 11.4 Å². The Balaban J connectivity index is 2.59. The fourth-order valence-electron chi connectivity index (χ4n) is 1.68. The monoisotopic (exact) mass is 220 g/mol. The van der Waals surface area contributed by atoms with Crippen LogP contribution in [0.2, 0.25) is 0 Å². The molecule has 0 fully saturated rings. The van der Waals surface area contributed by atoms with E-state index in [4.69, 9.17) is 5.73 Å². The van der Waals surface area contributed by atoms with Gasteiger partial charge < -0.3 is 11.1 Å². The Kier molecular flexibility index (Phi) is 4.83. The van der Waals surface area contributed by atoms with Crippen LogP contribution in [0.25, 0.3) is 0 Å². The van der Waals surface area contributed by atoms with Gasteiger partial charge in [0.1, 0.15) is 0 Å². The molecule has 88 valence electrons. The molecule has 0 saturated carbocycles. The summed E-state index contributed by atoms with van der Waals surface area (Å²) < 4.78 is 0. The molecular weight excluding hydrogens is 200 g/mol. The zero-order valence-corrected chi connectivity index (χ0v) is 9.99. The molecule has 0 saturated heterocycles. The molecule has 1 rings (SSSR count). The smallest absolute Gasteiger partial charge is 0.227 e. The van der Waals surface area contributed by atoms with Gasteiger partial charge >= 0.3 is 0 Å². The number of carbonyl (C=O) groups is 1. The molecule has 0 radical (unpaired) electrons. The number of nitrogens with two attached hydrogens (primary N) is 1. The fraction of sp³-hybridized carbons (Fsp3) is 0.462. The first-order chi connectivity index (χ1) is 7.67. The highest BCUT2D eigenvalue weighted by molar-refractivity contribution is 5.92. The van der Waals surface area contributed by atoms with Gasteiger partial charge in [0.2, 0.25) is 5.91 Å². The molecule has 3 nitrogen and oxygen atoms in total. The second-order valence-electron chi connectivity index (χ2n) is 4.01. The predicted octanol–water partition coefficient (Wildman–Crippen LogP) is 3.03. The first-order valence-corrected chi connectivity index (χ1v) is 5.83. The minimum atomic E-state index is 0.106. The Labute approximate surface area is 97.0 Å². The Bertz CT molecular complexity index is 332. The standard InChI is InChI=1S/C13H20N2O/c1-3-5-10(4-2)13(16)15-12-8-6-11(14)7-9-12/h6-10H,3-5,14H2,1-2H3,(H,15,16). The van der Waals surface area contributed by atoms with E-state index in [1.54, 1.807) is 12.1 Å². The number of amides is 1. The molecule has 0 bridgehead atoms. The zero-order valence-electron chi connectivity index (χ0n) is 9.99. The van der Waals surface area contributed by atoms with Gasteiger partial charge in [0, 0.05) is 17.3 Å². The van der Waals surface area contributed by atoms with Crippen molar-refractivity contribution in [3.05, 3.63) is 24.3 Å². The first kappa shape index (κ1) is 12.6. The lowest BCUT2D eigenvalue weighted by Crippen LogP contribution is -2.22. The molecule has 1 atom stereocenters. The van der Waals surface area contributed by atoms with E-state index in [-0.39, 0.29) is 11.8 Å². The molecule has 1 amide bonds. The van der Waals surface area contributed by atoms with Gasteiger partial charge in [-0.3, -0.25) is 4.79 Å². The summed E-state index contributed by atoms with van der Waals surface area (Å²) in [5, 5.41) is 2.91. The summed E-state index contributed by atoms with van der Waals surface area (Å²) >= 11 is 0. The van der Waals surface area contributed by atoms with Crippen LogP contribution in [-0.4, -0.2) is 5.91 Å². The van der Waals surface area contributed by atoms with Gasteiger partial charge in [-0.1, -0.05) is 20.3 Å². The van der Waals surface area contributed by atoms with Gasteiger partial charge in [-0.25, -0.2) is 0 Å². The summed E-state index contributed by atoms with van der Waals surface area (Å²) in [7, 11) is 0. The van der Waals surface area contributed by atoms with Crippen molar-refractivity contribution in [3.63, 3.8) is 0 Å². The molecular formula is C13H20N2O. The Morgan fingerprint density at radius 3 is 2.44 bits per heavy atom. The molecule has 3 heteroatoms. The van der Waals surface area contributed by atoms with E-state index in [1.165, 1.54) is 0 Å². The maximum atomic E-state index is 11.9. The first-order valence-electron chi connectivity index (χ1n) is 5.83. The van der Waals surface area contributed by atoms with Crippen molar-refractivity contribution >= 4 is 17.3 Å². The highest BCUT2D eigenvalue weighted by Gasteiger charge is 2.14. The molecule has 1 aromatic carbocycles. The van der Waals surface area contributed by atoms with Crippen LogP contribution < -0.4 is 11.1 Å². The van der Waals surface area contributed by atoms with Gasteiger partial charge in [0.05, 0.1) is 0 Å². The van der Waals surface area contributed by atoms with Gasteiger partial charge in [-0.05, 0) is 37.1 Å². The van der Waals surface area contributed by atoms with Crippen molar-refractivity contribution in [1.82, 2.24) is 0 Å². The topological polar surface area (TPSA) is 55.1 Å². The average molecular weight is 220 g/mol. The Morgan fingerprint density at radius 1 is 1.31 bits per heavy atom. The lowest BCUT2D eigenvalue weighted by molar-refractivity contribution is -0.120. The van der Waals surface area contributed by atoms with Crippen LogP contribution in [0, 0.1) is 5.92 Å². The molecule has 0 spiro atoms. The number of hydrogen-bond donors (Lipinski definition) is 2. The van der Waals surface area contributed by atoms with E-state index in [1.807, 2.05) is 19.1 Å². The second kappa shape index (κ2) is 6.16. The molecule has 1 unspecified atom stereocenters. The van der Waals surface area contributed by atoms with Gasteiger partial charge in [0.25, 0.3) is 0 Å². The highest BCUT2D eigenvalue weighted by Crippen LogP contribution is 2.16. The number of hydrogen-bond acceptors (Lipinski definition) is 2. The van der Waals surface area contributed by atoms with Crippen molar-refractivity contribution in [2.24, 2.45) is 5.92 Å². The third kappa shape index (κ3) is 3.57. The fourth-order valence-corrected chi connectivity index (χ4v) is 1.68. The summed E-state index contributed by atoms with van der Waals surface area (Å²) in [6, 6.07) is 7.23. The summed E-state index contributed by atoms with van der Waals surface area (Å²) in [6.45, 7) is 4.14. The summed E-state index contributed by atoms with van der Waals surface area (Å²) in [5.41, 5.74) is 7.10. The number of carbonyl (C=O) groups excluding carboxylic acids is 1. The van der Waals surface area contributed by atoms with Crippen LogP contribution >= 0.6 is 0 Å². The Morgan fingerprint density at radius 2 is 1.94 bits per heavy atom. The van der Waals surface area contributed by atoms with Crippen LogP contribution in [0.5, 0.6) is 0 Å². The Hall–Kier alpha value is -1.51. The highest BCUT2D eigenvalue weighted by atomic mass is 16.1.